The molecular weight excluding hydrogens is 360 g/mol. The largest absolute Gasteiger partial charge is 0.493 e. The van der Waals surface area contributed by atoms with E-state index in [1.54, 1.807) is 11.3 Å². The molecule has 1 heterocycles. The van der Waals surface area contributed by atoms with Crippen molar-refractivity contribution < 1.29 is 14.6 Å². The van der Waals surface area contributed by atoms with Crippen LogP contribution in [0, 0.1) is 6.92 Å². The van der Waals surface area contributed by atoms with E-state index in [0.29, 0.717) is 13.0 Å². The Morgan fingerprint density at radius 2 is 1.89 bits per heavy atom. The van der Waals surface area contributed by atoms with Crippen molar-refractivity contribution >= 4 is 17.3 Å². The Morgan fingerprint density at radius 3 is 2.56 bits per heavy atom. The summed E-state index contributed by atoms with van der Waals surface area (Å²) >= 11 is 1.70. The van der Waals surface area contributed by atoms with Crippen molar-refractivity contribution in [2.24, 2.45) is 5.73 Å². The van der Waals surface area contributed by atoms with Gasteiger partial charge in [0.2, 0.25) is 0 Å². The number of nitrogens with zero attached hydrogens (tertiary/aromatic N) is 1. The second-order valence-electron chi connectivity index (χ2n) is 6.28. The third-order valence-electron chi connectivity index (χ3n) is 4.22. The van der Waals surface area contributed by atoms with Crippen LogP contribution in [0.15, 0.2) is 54.6 Å². The molecule has 6 heteroatoms. The second-order valence-corrected chi connectivity index (χ2v) is 7.48. The summed E-state index contributed by atoms with van der Waals surface area (Å²) < 4.78 is 5.80. The lowest BCUT2D eigenvalue weighted by molar-refractivity contribution is -0.138. The summed E-state index contributed by atoms with van der Waals surface area (Å²) in [4.78, 5) is 16.8. The first kappa shape index (κ1) is 19.1. The predicted molar refractivity (Wildman–Crippen MR) is 107 cm³/mol. The summed E-state index contributed by atoms with van der Waals surface area (Å²) in [6, 6.07) is 16.7. The summed E-state index contributed by atoms with van der Waals surface area (Å²) in [5.74, 6) is -0.248. The van der Waals surface area contributed by atoms with Crippen LogP contribution in [0.1, 0.15) is 16.1 Å². The molecule has 3 rings (SSSR count). The Labute approximate surface area is 162 Å². The molecule has 0 spiro atoms. The number of nitrogens with two attached hydrogens (primary N) is 1. The number of hydrogen-bond acceptors (Lipinski definition) is 5. The molecule has 5 nitrogen and oxygen atoms in total. The first-order valence-electron chi connectivity index (χ1n) is 8.75. The minimum Gasteiger partial charge on any atom is -0.493 e. The zero-order valence-corrected chi connectivity index (χ0v) is 15.9. The van der Waals surface area contributed by atoms with E-state index in [9.17, 15) is 4.79 Å². The van der Waals surface area contributed by atoms with Gasteiger partial charge in [-0.15, -0.1) is 11.3 Å². The predicted octanol–water partition coefficient (Wildman–Crippen LogP) is 3.69. The molecule has 2 aromatic carbocycles. The highest BCUT2D eigenvalue weighted by Gasteiger charge is 2.12. The van der Waals surface area contributed by atoms with Gasteiger partial charge in [0.05, 0.1) is 12.3 Å². The highest BCUT2D eigenvalue weighted by atomic mass is 32.1. The summed E-state index contributed by atoms with van der Waals surface area (Å²) in [6.45, 7) is 2.62. The molecule has 140 valence electrons. The fourth-order valence-corrected chi connectivity index (χ4v) is 3.66. The number of thiazole rings is 1. The van der Waals surface area contributed by atoms with E-state index < -0.39 is 12.0 Å². The molecule has 1 aromatic heterocycles. The molecule has 0 saturated heterocycles. The molecule has 3 aromatic rings. The van der Waals surface area contributed by atoms with Crippen molar-refractivity contribution in [1.29, 1.82) is 0 Å². The van der Waals surface area contributed by atoms with Gasteiger partial charge in [0, 0.05) is 16.9 Å². The minimum absolute atomic E-state index is 0.301. The van der Waals surface area contributed by atoms with E-state index >= 15 is 0 Å². The first-order chi connectivity index (χ1) is 13.0. The Morgan fingerprint density at radius 1 is 1.19 bits per heavy atom. The van der Waals surface area contributed by atoms with Crippen molar-refractivity contribution in [3.05, 3.63) is 70.7 Å². The maximum absolute atomic E-state index is 10.8. The lowest BCUT2D eigenvalue weighted by Crippen LogP contribution is -2.32. The van der Waals surface area contributed by atoms with Gasteiger partial charge in [-0.2, -0.15) is 0 Å². The van der Waals surface area contributed by atoms with Crippen molar-refractivity contribution in [3.8, 4) is 16.3 Å². The number of carboxylic acids is 1. The topological polar surface area (TPSA) is 85.4 Å². The molecule has 0 radical (unpaired) electrons. The molecule has 0 amide bonds. The monoisotopic (exact) mass is 382 g/mol. The van der Waals surface area contributed by atoms with Gasteiger partial charge in [0.25, 0.3) is 0 Å². The molecule has 27 heavy (non-hydrogen) atoms. The lowest BCUT2D eigenvalue weighted by Gasteiger charge is -2.09. The summed E-state index contributed by atoms with van der Waals surface area (Å²) in [5.41, 5.74) is 8.62. The Balaban J connectivity index is 1.54. The van der Waals surface area contributed by atoms with Crippen molar-refractivity contribution in [1.82, 2.24) is 4.98 Å². The Hall–Kier alpha value is -2.70. The molecule has 0 bridgehead atoms. The molecule has 0 fully saturated rings. The fraction of sp³-hybridized carbons (Fsp3) is 0.238. The smallest absolute Gasteiger partial charge is 0.320 e. The van der Waals surface area contributed by atoms with Crippen molar-refractivity contribution in [2.45, 2.75) is 25.8 Å². The van der Waals surface area contributed by atoms with E-state index in [1.807, 2.05) is 42.5 Å². The van der Waals surface area contributed by atoms with Gasteiger partial charge in [-0.3, -0.25) is 4.79 Å². The van der Waals surface area contributed by atoms with Crippen LogP contribution in [-0.4, -0.2) is 28.7 Å². The van der Waals surface area contributed by atoms with E-state index in [1.165, 1.54) is 4.88 Å². The van der Waals surface area contributed by atoms with Crippen molar-refractivity contribution in [3.63, 3.8) is 0 Å². The van der Waals surface area contributed by atoms with Gasteiger partial charge in [-0.1, -0.05) is 42.5 Å². The summed E-state index contributed by atoms with van der Waals surface area (Å²) in [6.07, 6.45) is 1.04. The average Bonchev–Trinajstić information content (AvgIpc) is 3.04. The molecule has 0 unspecified atom stereocenters. The number of aromatic nitrogens is 1. The van der Waals surface area contributed by atoms with E-state index in [-0.39, 0.29) is 0 Å². The van der Waals surface area contributed by atoms with Crippen LogP contribution in [0.5, 0.6) is 5.75 Å². The third-order valence-corrected chi connectivity index (χ3v) is 5.28. The lowest BCUT2D eigenvalue weighted by atomic mass is 10.1. The van der Waals surface area contributed by atoms with E-state index in [2.05, 4.69) is 19.1 Å². The van der Waals surface area contributed by atoms with Gasteiger partial charge in [-0.05, 0) is 31.0 Å². The second kappa shape index (κ2) is 8.79. The number of ether oxygens (including phenoxy) is 1. The maximum atomic E-state index is 10.8. The van der Waals surface area contributed by atoms with Crippen LogP contribution in [0.3, 0.4) is 0 Å². The van der Waals surface area contributed by atoms with Crippen LogP contribution < -0.4 is 10.5 Å². The SMILES string of the molecule is Cc1sc(-c2ccccc2)nc1CCOc1ccc(C[C@H](N)C(=O)O)cc1. The third kappa shape index (κ3) is 5.15. The highest BCUT2D eigenvalue weighted by molar-refractivity contribution is 7.15. The van der Waals surface area contributed by atoms with Crippen LogP contribution >= 0.6 is 11.3 Å². The molecular formula is C21H22N2O3S. The average molecular weight is 382 g/mol. The van der Waals surface area contributed by atoms with Gasteiger partial charge in [-0.25, -0.2) is 4.98 Å². The fourth-order valence-electron chi connectivity index (χ4n) is 2.69. The van der Waals surface area contributed by atoms with Crippen LogP contribution in [0.4, 0.5) is 0 Å². The van der Waals surface area contributed by atoms with Gasteiger partial charge < -0.3 is 15.6 Å². The van der Waals surface area contributed by atoms with Crippen molar-refractivity contribution in [2.75, 3.05) is 6.61 Å². The Bertz CT molecular complexity index is 892. The molecule has 1 atom stereocenters. The van der Waals surface area contributed by atoms with Gasteiger partial charge in [0.1, 0.15) is 16.8 Å². The minimum atomic E-state index is -0.996. The van der Waals surface area contributed by atoms with E-state index in [0.717, 1.165) is 34.0 Å². The number of benzene rings is 2. The standard InChI is InChI=1S/C21H22N2O3S/c1-14-19(23-20(27-14)16-5-3-2-4-6-16)11-12-26-17-9-7-15(8-10-17)13-18(22)21(24)25/h2-10,18H,11-13,22H2,1H3,(H,24,25)/t18-/m0/s1. The van der Waals surface area contributed by atoms with Crippen LogP contribution in [0.2, 0.25) is 0 Å². The first-order valence-corrected chi connectivity index (χ1v) is 9.56. The van der Waals surface area contributed by atoms with Gasteiger partial charge >= 0.3 is 5.97 Å². The summed E-state index contributed by atoms with van der Waals surface area (Å²) in [7, 11) is 0. The number of carboxylic acid groups (broad SMARTS) is 1. The number of aliphatic carboxylic acids is 1. The number of rotatable bonds is 8. The maximum Gasteiger partial charge on any atom is 0.320 e. The number of carbonyl (C=O) groups is 1. The number of aryl methyl sites for hydroxylation is 1. The molecule has 0 aliphatic rings. The normalized spacial score (nSPS) is 11.9. The zero-order chi connectivity index (χ0) is 19.2. The van der Waals surface area contributed by atoms with Crippen LogP contribution in [0.25, 0.3) is 10.6 Å². The van der Waals surface area contributed by atoms with Gasteiger partial charge in [0.15, 0.2) is 0 Å². The molecule has 0 saturated carbocycles. The summed E-state index contributed by atoms with van der Waals surface area (Å²) in [5, 5.41) is 9.89. The molecule has 0 aliphatic carbocycles. The van der Waals surface area contributed by atoms with E-state index in [4.69, 9.17) is 20.6 Å². The Kier molecular flexibility index (Phi) is 6.21. The quantitative estimate of drug-likeness (QED) is 0.620. The van der Waals surface area contributed by atoms with Crippen LogP contribution in [-0.2, 0) is 17.6 Å². The zero-order valence-electron chi connectivity index (χ0n) is 15.1. The molecule has 3 N–H and O–H groups in total. The molecule has 0 aliphatic heterocycles. The highest BCUT2D eigenvalue weighted by Crippen LogP contribution is 2.27. The number of hydrogen-bond donors (Lipinski definition) is 2.